The molecular weight excluding hydrogens is 320 g/mol. The number of aliphatic imine (C=N–C) groups is 1. The number of benzene rings is 1. The van der Waals surface area contributed by atoms with Gasteiger partial charge in [0, 0.05) is 24.0 Å². The van der Waals surface area contributed by atoms with Gasteiger partial charge >= 0.3 is 0 Å². The summed E-state index contributed by atoms with van der Waals surface area (Å²) in [6.07, 6.45) is 0. The highest BCUT2D eigenvalue weighted by Gasteiger charge is 2.14. The quantitative estimate of drug-likeness (QED) is 0.643. The number of aromatic nitrogens is 1. The molecule has 0 spiro atoms. The Bertz CT molecular complexity index is 688. The number of rotatable bonds is 5. The third-order valence-electron chi connectivity index (χ3n) is 3.32. The summed E-state index contributed by atoms with van der Waals surface area (Å²) in [5.74, 6) is 1.65. The fourth-order valence-electron chi connectivity index (χ4n) is 2.14. The average Bonchev–Trinajstić information content (AvgIpc) is 2.93. The van der Waals surface area contributed by atoms with E-state index < -0.39 is 0 Å². The predicted octanol–water partition coefficient (Wildman–Crippen LogP) is 3.49. The Morgan fingerprint density at radius 2 is 1.92 bits per heavy atom. The van der Waals surface area contributed by atoms with Crippen molar-refractivity contribution in [1.82, 2.24) is 15.6 Å². The van der Waals surface area contributed by atoms with Gasteiger partial charge in [0.1, 0.15) is 11.4 Å². The minimum atomic E-state index is -0.222. The maximum absolute atomic E-state index is 6.03. The zero-order valence-corrected chi connectivity index (χ0v) is 15.8. The van der Waals surface area contributed by atoms with Crippen LogP contribution in [0.3, 0.4) is 0 Å². The summed E-state index contributed by atoms with van der Waals surface area (Å²) < 4.78 is 6.03. The molecule has 5 nitrogen and oxygen atoms in total. The number of nitrogens with one attached hydrogen (secondary N) is 2. The van der Waals surface area contributed by atoms with Gasteiger partial charge in [-0.15, -0.1) is 11.3 Å². The van der Waals surface area contributed by atoms with Crippen molar-refractivity contribution in [2.75, 3.05) is 7.05 Å². The van der Waals surface area contributed by atoms with Gasteiger partial charge in [0.05, 0.1) is 17.7 Å². The largest absolute Gasteiger partial charge is 0.488 e. The molecule has 0 saturated heterocycles. The molecule has 1 aromatic heterocycles. The minimum absolute atomic E-state index is 0.222. The third-order valence-corrected chi connectivity index (χ3v) is 4.25. The fraction of sp³-hybridized carbons (Fsp3) is 0.444. The lowest BCUT2D eigenvalue weighted by Gasteiger charge is -2.23. The lowest BCUT2D eigenvalue weighted by atomic mass is 10.1. The molecule has 0 aliphatic rings. The van der Waals surface area contributed by atoms with Gasteiger partial charge in [0.2, 0.25) is 0 Å². The molecule has 130 valence electrons. The fourth-order valence-corrected chi connectivity index (χ4v) is 2.86. The molecular formula is C18H26N4OS. The van der Waals surface area contributed by atoms with Crippen molar-refractivity contribution in [3.63, 3.8) is 0 Å². The van der Waals surface area contributed by atoms with Crippen molar-refractivity contribution >= 4 is 17.3 Å². The van der Waals surface area contributed by atoms with Gasteiger partial charge in [-0.1, -0.05) is 18.2 Å². The Labute approximate surface area is 148 Å². The molecule has 2 N–H and O–H groups in total. The monoisotopic (exact) mass is 346 g/mol. The van der Waals surface area contributed by atoms with E-state index in [4.69, 9.17) is 4.74 Å². The standard InChI is InChI=1S/C18H26N4OS/c1-13-16(24-12-22-13)11-21-17(19-5)20-10-14-8-6-7-9-15(14)23-18(2,3)4/h6-9,12H,10-11H2,1-5H3,(H2,19,20,21). The molecule has 0 aliphatic heterocycles. The van der Waals surface area contributed by atoms with Crippen LogP contribution in [0.25, 0.3) is 0 Å². The van der Waals surface area contributed by atoms with E-state index in [2.05, 4.69) is 47.4 Å². The molecule has 24 heavy (non-hydrogen) atoms. The summed E-state index contributed by atoms with van der Waals surface area (Å²) in [5, 5.41) is 6.66. The van der Waals surface area contributed by atoms with Gasteiger partial charge in [-0.3, -0.25) is 4.99 Å². The van der Waals surface area contributed by atoms with E-state index in [-0.39, 0.29) is 5.60 Å². The summed E-state index contributed by atoms with van der Waals surface area (Å²) in [6, 6.07) is 8.07. The molecule has 0 fully saturated rings. The Morgan fingerprint density at radius 1 is 1.21 bits per heavy atom. The number of ether oxygens (including phenoxy) is 1. The lowest BCUT2D eigenvalue weighted by molar-refractivity contribution is 0.129. The topological polar surface area (TPSA) is 58.5 Å². The van der Waals surface area contributed by atoms with Gasteiger partial charge in [-0.2, -0.15) is 0 Å². The van der Waals surface area contributed by atoms with Gasteiger partial charge in [0.15, 0.2) is 5.96 Å². The van der Waals surface area contributed by atoms with Crippen LogP contribution in [0.2, 0.25) is 0 Å². The Balaban J connectivity index is 1.95. The van der Waals surface area contributed by atoms with Crippen LogP contribution in [-0.2, 0) is 13.1 Å². The van der Waals surface area contributed by atoms with Crippen molar-refractivity contribution in [1.29, 1.82) is 0 Å². The molecule has 1 aromatic carbocycles. The summed E-state index contributed by atoms with van der Waals surface area (Å²) in [5.41, 5.74) is 3.80. The first-order chi connectivity index (χ1) is 11.4. The lowest BCUT2D eigenvalue weighted by Crippen LogP contribution is -2.36. The molecule has 0 amide bonds. The number of thiazole rings is 1. The van der Waals surface area contributed by atoms with Gasteiger partial charge < -0.3 is 15.4 Å². The number of nitrogens with zero attached hydrogens (tertiary/aromatic N) is 2. The van der Waals surface area contributed by atoms with E-state index in [9.17, 15) is 0 Å². The van der Waals surface area contributed by atoms with Gasteiger partial charge in [0.25, 0.3) is 0 Å². The molecule has 6 heteroatoms. The highest BCUT2D eigenvalue weighted by atomic mass is 32.1. The molecule has 2 aromatic rings. The third kappa shape index (κ3) is 5.53. The SMILES string of the molecule is CN=C(NCc1ccccc1OC(C)(C)C)NCc1scnc1C. The molecule has 0 radical (unpaired) electrons. The maximum atomic E-state index is 6.03. The average molecular weight is 347 g/mol. The summed E-state index contributed by atoms with van der Waals surface area (Å²) in [7, 11) is 1.77. The zero-order chi connectivity index (χ0) is 17.6. The molecule has 0 saturated carbocycles. The second-order valence-corrected chi connectivity index (χ2v) is 7.40. The van der Waals surface area contributed by atoms with Crippen LogP contribution in [0.1, 0.15) is 36.9 Å². The number of hydrogen-bond donors (Lipinski definition) is 2. The zero-order valence-electron chi connectivity index (χ0n) is 15.0. The predicted molar refractivity (Wildman–Crippen MR) is 101 cm³/mol. The first-order valence-electron chi connectivity index (χ1n) is 7.99. The molecule has 0 aliphatic carbocycles. The highest BCUT2D eigenvalue weighted by molar-refractivity contribution is 7.09. The van der Waals surface area contributed by atoms with Crippen molar-refractivity contribution in [3.8, 4) is 5.75 Å². The van der Waals surface area contributed by atoms with Gasteiger partial charge in [-0.05, 0) is 33.8 Å². The van der Waals surface area contributed by atoms with E-state index in [1.807, 2.05) is 30.6 Å². The summed E-state index contributed by atoms with van der Waals surface area (Å²) in [6.45, 7) is 9.53. The second kappa shape index (κ2) is 8.15. The minimum Gasteiger partial charge on any atom is -0.488 e. The van der Waals surface area contributed by atoms with Crippen LogP contribution >= 0.6 is 11.3 Å². The van der Waals surface area contributed by atoms with Crippen molar-refractivity contribution < 1.29 is 4.74 Å². The van der Waals surface area contributed by atoms with Crippen LogP contribution in [0, 0.1) is 6.92 Å². The number of guanidine groups is 1. The van der Waals surface area contributed by atoms with E-state index in [1.165, 1.54) is 4.88 Å². The first-order valence-corrected chi connectivity index (χ1v) is 8.87. The van der Waals surface area contributed by atoms with E-state index in [0.717, 1.165) is 29.5 Å². The van der Waals surface area contributed by atoms with E-state index >= 15 is 0 Å². The van der Waals surface area contributed by atoms with Crippen molar-refractivity contribution in [3.05, 3.63) is 45.9 Å². The van der Waals surface area contributed by atoms with Crippen LogP contribution in [0.4, 0.5) is 0 Å². The molecule has 0 atom stereocenters. The van der Waals surface area contributed by atoms with E-state index in [1.54, 1.807) is 18.4 Å². The number of para-hydroxylation sites is 1. The van der Waals surface area contributed by atoms with E-state index in [0.29, 0.717) is 6.54 Å². The molecule has 0 bridgehead atoms. The summed E-state index contributed by atoms with van der Waals surface area (Å²) in [4.78, 5) is 9.75. The molecule has 1 heterocycles. The normalized spacial score (nSPS) is 12.1. The maximum Gasteiger partial charge on any atom is 0.191 e. The summed E-state index contributed by atoms with van der Waals surface area (Å²) >= 11 is 1.65. The molecule has 0 unspecified atom stereocenters. The van der Waals surface area contributed by atoms with Crippen molar-refractivity contribution in [2.45, 2.75) is 46.4 Å². The van der Waals surface area contributed by atoms with Gasteiger partial charge in [-0.25, -0.2) is 4.98 Å². The Hall–Kier alpha value is -2.08. The van der Waals surface area contributed by atoms with Crippen LogP contribution in [0.5, 0.6) is 5.75 Å². The van der Waals surface area contributed by atoms with Crippen LogP contribution in [0.15, 0.2) is 34.8 Å². The Morgan fingerprint density at radius 3 is 2.54 bits per heavy atom. The number of hydrogen-bond acceptors (Lipinski definition) is 4. The van der Waals surface area contributed by atoms with Crippen LogP contribution < -0.4 is 15.4 Å². The number of aryl methyl sites for hydroxylation is 1. The van der Waals surface area contributed by atoms with Crippen molar-refractivity contribution in [2.24, 2.45) is 4.99 Å². The Kier molecular flexibility index (Phi) is 6.20. The highest BCUT2D eigenvalue weighted by Crippen LogP contribution is 2.22. The van der Waals surface area contributed by atoms with Crippen LogP contribution in [-0.4, -0.2) is 23.6 Å². The smallest absolute Gasteiger partial charge is 0.191 e. The molecule has 2 rings (SSSR count). The second-order valence-electron chi connectivity index (χ2n) is 6.46. The first kappa shape index (κ1) is 18.3.